The number of anilines is 1. The predicted molar refractivity (Wildman–Crippen MR) is 86.0 cm³/mol. The van der Waals surface area contributed by atoms with Crippen molar-refractivity contribution in [3.8, 4) is 0 Å². The average Bonchev–Trinajstić information content (AvgIpc) is 2.87. The van der Waals surface area contributed by atoms with Crippen LogP contribution >= 0.6 is 11.3 Å². The number of benzene rings is 1. The highest BCUT2D eigenvalue weighted by molar-refractivity contribution is 7.09. The molecule has 0 amide bonds. The van der Waals surface area contributed by atoms with Gasteiger partial charge in [0, 0.05) is 17.6 Å². The van der Waals surface area contributed by atoms with Gasteiger partial charge in [0.05, 0.1) is 23.2 Å². The second-order valence-electron chi connectivity index (χ2n) is 5.09. The summed E-state index contributed by atoms with van der Waals surface area (Å²) in [6.45, 7) is 6.57. The minimum Gasteiger partial charge on any atom is -0.481 e. The Labute approximate surface area is 129 Å². The quantitative estimate of drug-likeness (QED) is 0.882. The summed E-state index contributed by atoms with van der Waals surface area (Å²) >= 11 is 1.62. The van der Waals surface area contributed by atoms with Crippen molar-refractivity contribution in [3.63, 3.8) is 0 Å². The van der Waals surface area contributed by atoms with Gasteiger partial charge >= 0.3 is 5.97 Å². The van der Waals surface area contributed by atoms with Crippen LogP contribution in [0.5, 0.6) is 0 Å². The van der Waals surface area contributed by atoms with Crippen LogP contribution in [0.2, 0.25) is 0 Å². The summed E-state index contributed by atoms with van der Waals surface area (Å²) in [5, 5.41) is 12.1. The van der Waals surface area contributed by atoms with Crippen LogP contribution in [-0.4, -0.2) is 22.6 Å². The molecule has 0 saturated carbocycles. The van der Waals surface area contributed by atoms with Gasteiger partial charge < -0.3 is 10.0 Å². The summed E-state index contributed by atoms with van der Waals surface area (Å²) in [5.41, 5.74) is 3.20. The number of carboxylic acids is 1. The highest BCUT2D eigenvalue weighted by Gasteiger charge is 2.20. The molecule has 21 heavy (non-hydrogen) atoms. The van der Waals surface area contributed by atoms with Gasteiger partial charge in [-0.15, -0.1) is 11.3 Å². The third kappa shape index (κ3) is 3.82. The second kappa shape index (κ2) is 6.72. The number of carboxylic acid groups (broad SMARTS) is 1. The van der Waals surface area contributed by atoms with E-state index in [1.807, 2.05) is 43.5 Å². The van der Waals surface area contributed by atoms with Gasteiger partial charge in [-0.3, -0.25) is 4.79 Å². The van der Waals surface area contributed by atoms with Crippen molar-refractivity contribution in [1.82, 2.24) is 4.98 Å². The highest BCUT2D eigenvalue weighted by atomic mass is 32.1. The maximum atomic E-state index is 10.9. The normalized spacial score (nSPS) is 12.1. The maximum Gasteiger partial charge on any atom is 0.305 e. The largest absolute Gasteiger partial charge is 0.481 e. The van der Waals surface area contributed by atoms with Crippen molar-refractivity contribution < 1.29 is 9.90 Å². The van der Waals surface area contributed by atoms with Crippen molar-refractivity contribution in [2.45, 2.75) is 33.2 Å². The van der Waals surface area contributed by atoms with Crippen molar-refractivity contribution in [3.05, 3.63) is 45.9 Å². The molecule has 5 heteroatoms. The number of aryl methyl sites for hydroxylation is 2. The fourth-order valence-corrected chi connectivity index (χ4v) is 3.06. The van der Waals surface area contributed by atoms with Crippen LogP contribution in [-0.2, 0) is 4.79 Å². The number of aromatic nitrogens is 1. The minimum atomic E-state index is -0.782. The number of carbonyl (C=O) groups is 1. The van der Waals surface area contributed by atoms with Crippen LogP contribution in [0.15, 0.2) is 29.6 Å². The zero-order valence-corrected chi connectivity index (χ0v) is 13.4. The van der Waals surface area contributed by atoms with E-state index in [1.165, 1.54) is 0 Å². The van der Waals surface area contributed by atoms with Gasteiger partial charge in [0.25, 0.3) is 0 Å². The molecule has 1 N–H and O–H groups in total. The van der Waals surface area contributed by atoms with Crippen LogP contribution in [0.4, 0.5) is 5.69 Å². The Morgan fingerprint density at radius 1 is 1.38 bits per heavy atom. The molecule has 0 saturated heterocycles. The van der Waals surface area contributed by atoms with E-state index in [9.17, 15) is 4.79 Å². The molecule has 1 atom stereocenters. The predicted octanol–water partition coefficient (Wildman–Crippen LogP) is 3.80. The smallest absolute Gasteiger partial charge is 0.305 e. The summed E-state index contributed by atoms with van der Waals surface area (Å²) in [6.07, 6.45) is 0.113. The van der Waals surface area contributed by atoms with E-state index in [-0.39, 0.29) is 12.5 Å². The maximum absolute atomic E-state index is 10.9. The molecule has 0 radical (unpaired) electrons. The van der Waals surface area contributed by atoms with Gasteiger partial charge in [0.1, 0.15) is 0 Å². The summed E-state index contributed by atoms with van der Waals surface area (Å²) < 4.78 is 0. The van der Waals surface area contributed by atoms with Gasteiger partial charge in [-0.2, -0.15) is 0 Å². The Balaban J connectivity index is 2.31. The third-order valence-corrected chi connectivity index (χ3v) is 4.32. The van der Waals surface area contributed by atoms with E-state index in [0.717, 1.165) is 22.0 Å². The van der Waals surface area contributed by atoms with Crippen LogP contribution in [0.25, 0.3) is 0 Å². The van der Waals surface area contributed by atoms with Crippen molar-refractivity contribution >= 4 is 23.0 Å². The summed E-state index contributed by atoms with van der Waals surface area (Å²) in [4.78, 5) is 17.6. The number of para-hydroxylation sites is 1. The number of aliphatic carboxylic acids is 1. The van der Waals surface area contributed by atoms with Gasteiger partial charge in [0.15, 0.2) is 0 Å². The highest BCUT2D eigenvalue weighted by Crippen LogP contribution is 2.30. The lowest BCUT2D eigenvalue weighted by molar-refractivity contribution is -0.136. The summed E-state index contributed by atoms with van der Waals surface area (Å²) in [5.74, 6) is -0.782. The van der Waals surface area contributed by atoms with Crippen LogP contribution in [0, 0.1) is 13.8 Å². The molecular formula is C16H20N2O2S. The topological polar surface area (TPSA) is 53.4 Å². The Morgan fingerprint density at radius 2 is 2.10 bits per heavy atom. The molecule has 0 spiro atoms. The molecule has 0 fully saturated rings. The van der Waals surface area contributed by atoms with Gasteiger partial charge in [-0.1, -0.05) is 18.2 Å². The Kier molecular flexibility index (Phi) is 4.96. The lowest BCUT2D eigenvalue weighted by Crippen LogP contribution is -2.30. The van der Waals surface area contributed by atoms with E-state index in [2.05, 4.69) is 16.8 Å². The molecule has 112 valence electrons. The Bertz CT molecular complexity index is 624. The average molecular weight is 304 g/mol. The molecule has 0 aliphatic heterocycles. The van der Waals surface area contributed by atoms with Crippen LogP contribution < -0.4 is 4.90 Å². The number of thiazole rings is 1. The molecule has 1 unspecified atom stereocenters. The summed E-state index contributed by atoms with van der Waals surface area (Å²) in [7, 11) is 0. The first kappa shape index (κ1) is 15.5. The van der Waals surface area contributed by atoms with Gasteiger partial charge in [0.2, 0.25) is 0 Å². The molecule has 0 aliphatic rings. The third-order valence-electron chi connectivity index (χ3n) is 3.52. The van der Waals surface area contributed by atoms with Crippen molar-refractivity contribution in [2.75, 3.05) is 11.4 Å². The van der Waals surface area contributed by atoms with Crippen molar-refractivity contribution in [1.29, 1.82) is 0 Å². The minimum absolute atomic E-state index is 0.0513. The lowest BCUT2D eigenvalue weighted by atomic mass is 10.1. The zero-order valence-electron chi connectivity index (χ0n) is 12.5. The van der Waals surface area contributed by atoms with Crippen LogP contribution in [0.3, 0.4) is 0 Å². The van der Waals surface area contributed by atoms with Gasteiger partial charge in [-0.05, 0) is 32.4 Å². The number of rotatable bonds is 6. The number of nitrogens with zero attached hydrogens (tertiary/aromatic N) is 2. The molecule has 4 nitrogen and oxygen atoms in total. The standard InChI is InChI=1S/C16H20N2O2S/c1-11-6-4-5-7-15(11)18(9-8-16(19)20)12(2)14-10-21-13(3)17-14/h4-7,10,12H,8-9H2,1-3H3,(H,19,20). The Hall–Kier alpha value is -1.88. The monoisotopic (exact) mass is 304 g/mol. The number of hydrogen-bond donors (Lipinski definition) is 1. The summed E-state index contributed by atoms with van der Waals surface area (Å²) in [6, 6.07) is 8.10. The lowest BCUT2D eigenvalue weighted by Gasteiger charge is -2.31. The first-order valence-electron chi connectivity index (χ1n) is 6.95. The van der Waals surface area contributed by atoms with Crippen LogP contribution in [0.1, 0.15) is 35.7 Å². The molecule has 2 rings (SSSR count). The molecule has 0 bridgehead atoms. The van der Waals surface area contributed by atoms with E-state index in [0.29, 0.717) is 6.54 Å². The molecule has 1 aromatic carbocycles. The molecule has 0 aliphatic carbocycles. The fraction of sp³-hybridized carbons (Fsp3) is 0.375. The molecule has 1 heterocycles. The second-order valence-corrected chi connectivity index (χ2v) is 6.15. The molecular weight excluding hydrogens is 284 g/mol. The fourth-order valence-electron chi connectivity index (χ4n) is 2.36. The van der Waals surface area contributed by atoms with E-state index in [1.54, 1.807) is 11.3 Å². The molecule has 2 aromatic rings. The van der Waals surface area contributed by atoms with Gasteiger partial charge in [-0.25, -0.2) is 4.98 Å². The van der Waals surface area contributed by atoms with E-state index >= 15 is 0 Å². The SMILES string of the molecule is Cc1nc(C(C)N(CCC(=O)O)c2ccccc2C)cs1. The van der Waals surface area contributed by atoms with E-state index < -0.39 is 5.97 Å². The van der Waals surface area contributed by atoms with Crippen molar-refractivity contribution in [2.24, 2.45) is 0 Å². The first-order chi connectivity index (χ1) is 9.99. The number of hydrogen-bond acceptors (Lipinski definition) is 4. The zero-order chi connectivity index (χ0) is 15.4. The van der Waals surface area contributed by atoms with E-state index in [4.69, 9.17) is 5.11 Å². The molecule has 1 aromatic heterocycles. The Morgan fingerprint density at radius 3 is 2.67 bits per heavy atom. The first-order valence-corrected chi connectivity index (χ1v) is 7.83.